The molecule has 0 N–H and O–H groups in total. The third-order valence-corrected chi connectivity index (χ3v) is 1.32. The molecule has 0 spiro atoms. The summed E-state index contributed by atoms with van der Waals surface area (Å²) in [6.45, 7) is 5.90. The number of ketones is 1. The van der Waals surface area contributed by atoms with E-state index in [1.807, 2.05) is 19.9 Å². The topological polar surface area (TPSA) is 17.1 Å². The monoisotopic (exact) mass is 150 g/mol. The number of carbonyl (C=O) groups is 1. The minimum Gasteiger partial charge on any atom is -0.295 e. The zero-order chi connectivity index (χ0) is 9.07. The summed E-state index contributed by atoms with van der Waals surface area (Å²) in [6.07, 6.45) is 3.64. The highest BCUT2D eigenvalue weighted by atomic mass is 16.1. The summed E-state index contributed by atoms with van der Waals surface area (Å²) in [5.74, 6) is 0.327. The Balaban J connectivity index is 4.05. The van der Waals surface area contributed by atoms with Crippen molar-refractivity contribution in [1.82, 2.24) is 0 Å². The quantitative estimate of drug-likeness (QED) is 0.413. The highest BCUT2D eigenvalue weighted by molar-refractivity contribution is 6.41. The fourth-order valence-electron chi connectivity index (χ4n) is 0.525. The SMILES string of the molecule is BC(B)(C)/C=C/C(=O)C(C)C. The van der Waals surface area contributed by atoms with Crippen LogP contribution in [0.1, 0.15) is 20.8 Å². The number of rotatable bonds is 3. The van der Waals surface area contributed by atoms with Crippen LogP contribution >= 0.6 is 0 Å². The summed E-state index contributed by atoms with van der Waals surface area (Å²) < 4.78 is 0. The van der Waals surface area contributed by atoms with Crippen LogP contribution in [0.5, 0.6) is 0 Å². The van der Waals surface area contributed by atoms with Crippen molar-refractivity contribution in [2.75, 3.05) is 0 Å². The van der Waals surface area contributed by atoms with Crippen LogP contribution < -0.4 is 0 Å². The van der Waals surface area contributed by atoms with Crippen molar-refractivity contribution < 1.29 is 4.79 Å². The van der Waals surface area contributed by atoms with E-state index in [4.69, 9.17) is 0 Å². The van der Waals surface area contributed by atoms with Gasteiger partial charge < -0.3 is 0 Å². The average molecular weight is 150 g/mol. The molecular formula is C8H16B2O. The fraction of sp³-hybridized carbons (Fsp3) is 0.625. The molecule has 0 aliphatic rings. The molecule has 0 heterocycles. The van der Waals surface area contributed by atoms with Crippen LogP contribution in [0.2, 0.25) is 5.21 Å². The second-order valence-electron chi connectivity index (χ2n) is 4.26. The second kappa shape index (κ2) is 3.80. The number of hydrogen-bond acceptors (Lipinski definition) is 1. The normalized spacial score (nSPS) is 12.7. The Bertz CT molecular complexity index is 165. The minimum atomic E-state index is 0.116. The molecule has 0 aromatic heterocycles. The molecule has 0 amide bonds. The number of carbonyl (C=O) groups excluding carboxylic acids is 1. The van der Waals surface area contributed by atoms with Crippen LogP contribution in [0.4, 0.5) is 0 Å². The predicted octanol–water partition coefficient (Wildman–Crippen LogP) is 0.170. The van der Waals surface area contributed by atoms with Crippen LogP contribution in [0.25, 0.3) is 0 Å². The first-order valence-corrected chi connectivity index (χ1v) is 4.06. The van der Waals surface area contributed by atoms with E-state index in [1.165, 1.54) is 0 Å². The summed E-state index contributed by atoms with van der Waals surface area (Å²) in [7, 11) is 4.16. The van der Waals surface area contributed by atoms with Gasteiger partial charge in [0.05, 0.1) is 0 Å². The molecule has 0 aliphatic carbocycles. The van der Waals surface area contributed by atoms with E-state index in [0.29, 0.717) is 0 Å². The van der Waals surface area contributed by atoms with E-state index < -0.39 is 0 Å². The maximum absolute atomic E-state index is 11.1. The van der Waals surface area contributed by atoms with E-state index in [2.05, 4.69) is 22.6 Å². The third-order valence-electron chi connectivity index (χ3n) is 1.32. The summed E-state index contributed by atoms with van der Waals surface area (Å²) in [5, 5.41) is 0.116. The Morgan fingerprint density at radius 2 is 1.91 bits per heavy atom. The smallest absolute Gasteiger partial charge is 0.157 e. The molecule has 1 nitrogen and oxygen atoms in total. The van der Waals surface area contributed by atoms with E-state index in [-0.39, 0.29) is 16.9 Å². The van der Waals surface area contributed by atoms with Gasteiger partial charge in [-0.3, -0.25) is 4.79 Å². The molecule has 0 unspecified atom stereocenters. The molecule has 0 aromatic rings. The van der Waals surface area contributed by atoms with Crippen molar-refractivity contribution in [3.8, 4) is 0 Å². The van der Waals surface area contributed by atoms with Gasteiger partial charge in [-0.1, -0.05) is 32.1 Å². The standard InChI is InChI=1S/C8H16B2O/c1-6(2)7(11)4-5-8(3,9)10/h4-6H,9-10H2,1-3H3/b5-4+. The molecule has 0 saturated carbocycles. The Kier molecular flexibility index (Phi) is 3.64. The fourth-order valence-corrected chi connectivity index (χ4v) is 0.525. The van der Waals surface area contributed by atoms with E-state index in [1.54, 1.807) is 6.08 Å². The molecular weight excluding hydrogens is 134 g/mol. The first-order valence-electron chi connectivity index (χ1n) is 4.06. The van der Waals surface area contributed by atoms with Crippen molar-refractivity contribution in [2.45, 2.75) is 26.0 Å². The molecule has 60 valence electrons. The van der Waals surface area contributed by atoms with Gasteiger partial charge in [-0.2, -0.15) is 0 Å². The van der Waals surface area contributed by atoms with Crippen molar-refractivity contribution in [2.24, 2.45) is 5.92 Å². The first-order chi connectivity index (χ1) is 4.83. The van der Waals surface area contributed by atoms with E-state index >= 15 is 0 Å². The van der Waals surface area contributed by atoms with Crippen LogP contribution in [0, 0.1) is 5.92 Å². The molecule has 3 heteroatoms. The minimum absolute atomic E-state index is 0.116. The van der Waals surface area contributed by atoms with Crippen molar-refractivity contribution >= 4 is 21.5 Å². The lowest BCUT2D eigenvalue weighted by Crippen LogP contribution is -2.07. The van der Waals surface area contributed by atoms with Gasteiger partial charge in [0.1, 0.15) is 15.7 Å². The maximum atomic E-state index is 11.1. The van der Waals surface area contributed by atoms with Gasteiger partial charge in [-0.05, 0) is 6.08 Å². The van der Waals surface area contributed by atoms with Crippen LogP contribution in [0.3, 0.4) is 0 Å². The van der Waals surface area contributed by atoms with E-state index in [0.717, 1.165) is 0 Å². The van der Waals surface area contributed by atoms with Crippen LogP contribution in [-0.2, 0) is 4.79 Å². The summed E-state index contributed by atoms with van der Waals surface area (Å²) >= 11 is 0. The largest absolute Gasteiger partial charge is 0.295 e. The summed E-state index contributed by atoms with van der Waals surface area (Å²) in [6, 6.07) is 0. The molecule has 11 heavy (non-hydrogen) atoms. The Hall–Kier alpha value is -0.460. The van der Waals surface area contributed by atoms with Crippen molar-refractivity contribution in [3.05, 3.63) is 12.2 Å². The van der Waals surface area contributed by atoms with Gasteiger partial charge in [-0.15, -0.1) is 0 Å². The zero-order valence-electron chi connectivity index (χ0n) is 8.14. The van der Waals surface area contributed by atoms with Crippen molar-refractivity contribution in [3.63, 3.8) is 0 Å². The molecule has 0 rings (SSSR count). The van der Waals surface area contributed by atoms with Gasteiger partial charge in [0.2, 0.25) is 0 Å². The number of allylic oxidation sites excluding steroid dienone is 2. The first kappa shape index (κ1) is 10.5. The molecule has 0 radical (unpaired) electrons. The van der Waals surface area contributed by atoms with E-state index in [9.17, 15) is 4.79 Å². The zero-order valence-corrected chi connectivity index (χ0v) is 8.14. The van der Waals surface area contributed by atoms with Gasteiger partial charge >= 0.3 is 0 Å². The molecule has 0 saturated heterocycles. The van der Waals surface area contributed by atoms with Crippen LogP contribution in [-0.4, -0.2) is 21.5 Å². The van der Waals surface area contributed by atoms with Gasteiger partial charge in [-0.25, -0.2) is 0 Å². The lowest BCUT2D eigenvalue weighted by molar-refractivity contribution is -0.117. The second-order valence-corrected chi connectivity index (χ2v) is 4.26. The molecule has 0 aliphatic heterocycles. The Morgan fingerprint density at radius 3 is 2.18 bits per heavy atom. The predicted molar refractivity (Wildman–Crippen MR) is 54.4 cm³/mol. The molecule has 0 bridgehead atoms. The summed E-state index contributed by atoms with van der Waals surface area (Å²) in [5.41, 5.74) is 0. The van der Waals surface area contributed by atoms with Gasteiger partial charge in [0.15, 0.2) is 5.78 Å². The van der Waals surface area contributed by atoms with Gasteiger partial charge in [0, 0.05) is 5.92 Å². The third kappa shape index (κ3) is 5.96. The molecule has 0 atom stereocenters. The van der Waals surface area contributed by atoms with Gasteiger partial charge in [0.25, 0.3) is 0 Å². The van der Waals surface area contributed by atoms with Crippen molar-refractivity contribution in [1.29, 1.82) is 0 Å². The highest BCUT2D eigenvalue weighted by Crippen LogP contribution is 2.15. The average Bonchev–Trinajstić information content (AvgIpc) is 1.80. The molecule has 0 fully saturated rings. The lowest BCUT2D eigenvalue weighted by atomic mass is 9.56. The lowest BCUT2D eigenvalue weighted by Gasteiger charge is -2.10. The summed E-state index contributed by atoms with van der Waals surface area (Å²) in [4.78, 5) is 11.1. The Labute approximate surface area is 71.1 Å². The van der Waals surface area contributed by atoms with Crippen LogP contribution in [0.15, 0.2) is 12.2 Å². The number of hydrogen-bond donors (Lipinski definition) is 0. The maximum Gasteiger partial charge on any atom is 0.157 e. The highest BCUT2D eigenvalue weighted by Gasteiger charge is 2.07. The Morgan fingerprint density at radius 1 is 1.45 bits per heavy atom. The molecule has 0 aromatic carbocycles.